The third-order valence-electron chi connectivity index (χ3n) is 3.38. The summed E-state index contributed by atoms with van der Waals surface area (Å²) in [5.74, 6) is 0.487. The summed E-state index contributed by atoms with van der Waals surface area (Å²) in [6.45, 7) is 2.06. The van der Waals surface area contributed by atoms with Crippen LogP contribution in [-0.4, -0.2) is 5.88 Å². The molecule has 0 aliphatic carbocycles. The van der Waals surface area contributed by atoms with E-state index in [1.165, 1.54) is 17.2 Å². The molecule has 0 amide bonds. The van der Waals surface area contributed by atoms with E-state index < -0.39 is 0 Å². The highest BCUT2D eigenvalue weighted by molar-refractivity contribution is 6.30. The average Bonchev–Trinajstić information content (AvgIpc) is 2.44. The van der Waals surface area contributed by atoms with E-state index in [-0.39, 0.29) is 11.7 Å². The molecule has 0 N–H and O–H groups in total. The van der Waals surface area contributed by atoms with Crippen LogP contribution in [0.3, 0.4) is 0 Å². The topological polar surface area (TPSA) is 0 Å². The van der Waals surface area contributed by atoms with E-state index >= 15 is 0 Å². The lowest BCUT2D eigenvalue weighted by molar-refractivity contribution is 0.546. The summed E-state index contributed by atoms with van der Waals surface area (Å²) in [5, 5.41) is 0.560. The van der Waals surface area contributed by atoms with Gasteiger partial charge in [-0.05, 0) is 55.0 Å². The van der Waals surface area contributed by atoms with E-state index in [1.54, 1.807) is 12.1 Å². The van der Waals surface area contributed by atoms with E-state index in [2.05, 4.69) is 31.2 Å². The third-order valence-corrected chi connectivity index (χ3v) is 4.05. The Hall–Kier alpha value is -1.05. The molecule has 106 valence electrons. The first-order valence-corrected chi connectivity index (χ1v) is 7.55. The van der Waals surface area contributed by atoms with Gasteiger partial charge in [-0.1, -0.05) is 41.4 Å². The third kappa shape index (κ3) is 4.22. The van der Waals surface area contributed by atoms with Crippen molar-refractivity contribution in [3.63, 3.8) is 0 Å². The van der Waals surface area contributed by atoms with Crippen LogP contribution in [0, 0.1) is 18.7 Å². The molecular weight excluding hydrogens is 294 g/mol. The Bertz CT molecular complexity index is 564. The number of hydrogen-bond donors (Lipinski definition) is 0. The van der Waals surface area contributed by atoms with Crippen LogP contribution < -0.4 is 0 Å². The Kier molecular flexibility index (Phi) is 5.45. The zero-order valence-corrected chi connectivity index (χ0v) is 12.9. The van der Waals surface area contributed by atoms with Gasteiger partial charge in [0.1, 0.15) is 5.82 Å². The first-order valence-electron chi connectivity index (χ1n) is 6.64. The molecule has 20 heavy (non-hydrogen) atoms. The molecule has 0 heterocycles. The molecule has 2 rings (SSSR count). The quantitative estimate of drug-likeness (QED) is 0.646. The van der Waals surface area contributed by atoms with Crippen LogP contribution in [0.5, 0.6) is 0 Å². The van der Waals surface area contributed by atoms with Crippen molar-refractivity contribution >= 4 is 23.2 Å². The van der Waals surface area contributed by atoms with Gasteiger partial charge in [-0.2, -0.15) is 0 Å². The van der Waals surface area contributed by atoms with Crippen molar-refractivity contribution in [3.05, 3.63) is 70.0 Å². The number of alkyl halides is 1. The maximum Gasteiger partial charge on any atom is 0.126 e. The lowest BCUT2D eigenvalue weighted by atomic mass is 9.93. The van der Waals surface area contributed by atoms with Crippen LogP contribution in [0.2, 0.25) is 5.02 Å². The molecule has 0 aliphatic heterocycles. The fourth-order valence-corrected chi connectivity index (χ4v) is 2.66. The molecular formula is C17H17Cl2F. The van der Waals surface area contributed by atoms with Crippen molar-refractivity contribution in [1.29, 1.82) is 0 Å². The van der Waals surface area contributed by atoms with Crippen LogP contribution in [0.4, 0.5) is 4.39 Å². The Morgan fingerprint density at radius 2 is 1.75 bits per heavy atom. The maximum atomic E-state index is 13.8. The Labute approximate surface area is 129 Å². The highest BCUT2D eigenvalue weighted by atomic mass is 35.5. The second kappa shape index (κ2) is 7.10. The molecule has 2 aromatic carbocycles. The van der Waals surface area contributed by atoms with Gasteiger partial charge >= 0.3 is 0 Å². The van der Waals surface area contributed by atoms with Crippen molar-refractivity contribution in [2.45, 2.75) is 19.8 Å². The zero-order chi connectivity index (χ0) is 14.5. The van der Waals surface area contributed by atoms with Crippen LogP contribution in [0.15, 0.2) is 42.5 Å². The minimum atomic E-state index is -0.214. The Morgan fingerprint density at radius 1 is 1.05 bits per heavy atom. The second-order valence-corrected chi connectivity index (χ2v) is 5.89. The number of benzene rings is 2. The smallest absolute Gasteiger partial charge is 0.126 e. The maximum absolute atomic E-state index is 13.8. The molecule has 0 spiro atoms. The molecule has 3 heteroatoms. The van der Waals surface area contributed by atoms with Crippen molar-refractivity contribution in [2.24, 2.45) is 5.92 Å². The molecule has 0 fully saturated rings. The molecule has 0 nitrogen and oxygen atoms in total. The lowest BCUT2D eigenvalue weighted by Gasteiger charge is -2.15. The predicted molar refractivity (Wildman–Crippen MR) is 84.2 cm³/mol. The summed E-state index contributed by atoms with van der Waals surface area (Å²) < 4.78 is 13.8. The van der Waals surface area contributed by atoms with Gasteiger partial charge in [-0.3, -0.25) is 0 Å². The molecule has 0 bridgehead atoms. The van der Waals surface area contributed by atoms with Crippen LogP contribution in [-0.2, 0) is 12.8 Å². The minimum Gasteiger partial charge on any atom is -0.207 e. The lowest BCUT2D eigenvalue weighted by Crippen LogP contribution is -2.11. The van der Waals surface area contributed by atoms with E-state index in [1.807, 2.05) is 0 Å². The van der Waals surface area contributed by atoms with Crippen molar-refractivity contribution in [3.8, 4) is 0 Å². The predicted octanol–water partition coefficient (Wildman–Crippen LogP) is 5.43. The summed E-state index contributed by atoms with van der Waals surface area (Å²) in [5.41, 5.74) is 3.09. The van der Waals surface area contributed by atoms with Crippen molar-refractivity contribution in [1.82, 2.24) is 0 Å². The molecule has 0 saturated carbocycles. The molecule has 0 aliphatic rings. The first kappa shape index (κ1) is 15.3. The minimum absolute atomic E-state index is 0.201. The molecule has 0 saturated heterocycles. The molecule has 0 aromatic heterocycles. The fraction of sp³-hybridized carbons (Fsp3) is 0.294. The summed E-state index contributed by atoms with van der Waals surface area (Å²) in [6.07, 6.45) is 1.44. The van der Waals surface area contributed by atoms with Crippen LogP contribution in [0.1, 0.15) is 16.7 Å². The summed E-state index contributed by atoms with van der Waals surface area (Å²) in [6, 6.07) is 13.0. The Balaban J connectivity index is 2.08. The van der Waals surface area contributed by atoms with Gasteiger partial charge in [0.15, 0.2) is 0 Å². The van der Waals surface area contributed by atoms with Crippen LogP contribution in [0.25, 0.3) is 0 Å². The number of hydrogen-bond acceptors (Lipinski definition) is 0. The van der Waals surface area contributed by atoms with Crippen LogP contribution >= 0.6 is 23.2 Å². The van der Waals surface area contributed by atoms with Gasteiger partial charge in [0.25, 0.3) is 0 Å². The van der Waals surface area contributed by atoms with Gasteiger partial charge in [0.05, 0.1) is 0 Å². The normalized spacial score (nSPS) is 12.4. The van der Waals surface area contributed by atoms with E-state index in [4.69, 9.17) is 23.2 Å². The summed E-state index contributed by atoms with van der Waals surface area (Å²) in [4.78, 5) is 0. The Morgan fingerprint density at radius 3 is 2.40 bits per heavy atom. The molecule has 1 atom stereocenters. The molecule has 2 aromatic rings. The molecule has 0 radical (unpaired) electrons. The largest absolute Gasteiger partial charge is 0.207 e. The highest BCUT2D eigenvalue weighted by Crippen LogP contribution is 2.21. The molecule has 1 unspecified atom stereocenters. The van der Waals surface area contributed by atoms with E-state index in [0.717, 1.165) is 6.42 Å². The number of aryl methyl sites for hydroxylation is 1. The highest BCUT2D eigenvalue weighted by Gasteiger charge is 2.13. The van der Waals surface area contributed by atoms with Crippen molar-refractivity contribution in [2.75, 3.05) is 5.88 Å². The SMILES string of the molecule is Cc1ccc(CC(CCl)Cc2cc(Cl)ccc2F)cc1. The number of rotatable bonds is 5. The fourth-order valence-electron chi connectivity index (χ4n) is 2.25. The van der Waals surface area contributed by atoms with Gasteiger partial charge in [-0.15, -0.1) is 11.6 Å². The first-order chi connectivity index (χ1) is 9.58. The van der Waals surface area contributed by atoms with Crippen molar-refractivity contribution < 1.29 is 4.39 Å². The van der Waals surface area contributed by atoms with E-state index in [0.29, 0.717) is 22.9 Å². The van der Waals surface area contributed by atoms with Gasteiger partial charge in [0.2, 0.25) is 0 Å². The zero-order valence-electron chi connectivity index (χ0n) is 11.4. The van der Waals surface area contributed by atoms with Gasteiger partial charge < -0.3 is 0 Å². The standard InChI is InChI=1S/C17H17Cl2F/c1-12-2-4-13(5-3-12)8-14(11-18)9-15-10-16(19)6-7-17(15)20/h2-7,10,14H,8-9,11H2,1H3. The summed E-state index contributed by atoms with van der Waals surface area (Å²) >= 11 is 12.0. The number of halogens is 3. The average molecular weight is 311 g/mol. The monoisotopic (exact) mass is 310 g/mol. The summed E-state index contributed by atoms with van der Waals surface area (Å²) in [7, 11) is 0. The van der Waals surface area contributed by atoms with Gasteiger partial charge in [-0.25, -0.2) is 4.39 Å². The second-order valence-electron chi connectivity index (χ2n) is 5.15. The van der Waals surface area contributed by atoms with E-state index in [9.17, 15) is 4.39 Å². The van der Waals surface area contributed by atoms with Gasteiger partial charge in [0, 0.05) is 10.9 Å².